The number of fused-ring (bicyclic) bond motifs is 1. The zero-order valence-electron chi connectivity index (χ0n) is 15.0. The molecule has 1 aromatic carbocycles. The van der Waals surface area contributed by atoms with Gasteiger partial charge in [0.15, 0.2) is 0 Å². The summed E-state index contributed by atoms with van der Waals surface area (Å²) in [7, 11) is 1.96. The maximum atomic E-state index is 12.2. The lowest BCUT2D eigenvalue weighted by molar-refractivity contribution is -0.122. The monoisotopic (exact) mass is 338 g/mol. The molecule has 0 saturated carbocycles. The number of nitrogens with one attached hydrogen (secondary N) is 1. The Hall–Kier alpha value is -2.14. The highest BCUT2D eigenvalue weighted by molar-refractivity contribution is 5.77. The Bertz CT molecular complexity index is 756. The summed E-state index contributed by atoms with van der Waals surface area (Å²) < 4.78 is 1.86. The van der Waals surface area contributed by atoms with Gasteiger partial charge >= 0.3 is 0 Å². The van der Waals surface area contributed by atoms with Crippen LogP contribution in [0.25, 0.3) is 0 Å². The fourth-order valence-electron chi connectivity index (χ4n) is 4.66. The van der Waals surface area contributed by atoms with Crippen LogP contribution in [0.4, 0.5) is 0 Å². The highest BCUT2D eigenvalue weighted by atomic mass is 16.1. The fourth-order valence-corrected chi connectivity index (χ4v) is 4.66. The van der Waals surface area contributed by atoms with E-state index in [1.807, 2.05) is 17.9 Å². The fraction of sp³-hybridized carbons (Fsp3) is 0.500. The van der Waals surface area contributed by atoms with Crippen molar-refractivity contribution >= 4 is 5.91 Å². The highest BCUT2D eigenvalue weighted by Gasteiger charge is 2.50. The van der Waals surface area contributed by atoms with E-state index in [0.29, 0.717) is 18.5 Å². The second kappa shape index (κ2) is 6.30. The number of hydrogen-bond donors (Lipinski definition) is 1. The molecule has 5 heteroatoms. The third-order valence-electron chi connectivity index (χ3n) is 5.77. The molecule has 2 fully saturated rings. The molecule has 1 N–H and O–H groups in total. The number of carbonyl (C=O) groups is 1. The van der Waals surface area contributed by atoms with E-state index in [1.54, 1.807) is 0 Å². The maximum absolute atomic E-state index is 12.2. The van der Waals surface area contributed by atoms with Crippen LogP contribution >= 0.6 is 0 Å². The Morgan fingerprint density at radius 2 is 2.12 bits per heavy atom. The number of hydrogen-bond acceptors (Lipinski definition) is 3. The Labute approximate surface area is 149 Å². The van der Waals surface area contributed by atoms with E-state index in [0.717, 1.165) is 25.8 Å². The van der Waals surface area contributed by atoms with Gasteiger partial charge in [-0.05, 0) is 31.7 Å². The lowest BCUT2D eigenvalue weighted by atomic mass is 9.88. The average molecular weight is 338 g/mol. The summed E-state index contributed by atoms with van der Waals surface area (Å²) in [4.78, 5) is 14.8. The molecule has 2 aromatic rings. The third-order valence-corrected chi connectivity index (χ3v) is 5.77. The summed E-state index contributed by atoms with van der Waals surface area (Å²) in [6, 6.07) is 11.3. The first kappa shape index (κ1) is 16.3. The van der Waals surface area contributed by atoms with E-state index in [4.69, 9.17) is 0 Å². The van der Waals surface area contributed by atoms with Crippen molar-refractivity contribution in [2.45, 2.75) is 56.8 Å². The predicted molar refractivity (Wildman–Crippen MR) is 96.7 cm³/mol. The molecule has 5 nitrogen and oxygen atoms in total. The van der Waals surface area contributed by atoms with Gasteiger partial charge < -0.3 is 5.32 Å². The van der Waals surface area contributed by atoms with Crippen molar-refractivity contribution in [3.05, 3.63) is 53.9 Å². The number of carbonyl (C=O) groups excluding carboxylic acids is 1. The van der Waals surface area contributed by atoms with Crippen molar-refractivity contribution in [2.75, 3.05) is 0 Å². The van der Waals surface area contributed by atoms with Gasteiger partial charge in [0.05, 0.1) is 11.7 Å². The van der Waals surface area contributed by atoms with Crippen LogP contribution in [-0.2, 0) is 18.4 Å². The van der Waals surface area contributed by atoms with E-state index >= 15 is 0 Å². The number of nitrogens with zero attached hydrogens (tertiary/aromatic N) is 3. The van der Waals surface area contributed by atoms with Gasteiger partial charge in [0, 0.05) is 43.9 Å². The van der Waals surface area contributed by atoms with Crippen LogP contribution in [-0.4, -0.2) is 32.2 Å². The topological polar surface area (TPSA) is 50.2 Å². The van der Waals surface area contributed by atoms with Gasteiger partial charge in [-0.3, -0.25) is 14.4 Å². The molecule has 25 heavy (non-hydrogen) atoms. The van der Waals surface area contributed by atoms with E-state index in [2.05, 4.69) is 58.8 Å². The molecule has 2 aliphatic rings. The number of rotatable bonds is 3. The molecule has 0 spiro atoms. The van der Waals surface area contributed by atoms with Gasteiger partial charge in [0.25, 0.3) is 0 Å². The predicted octanol–water partition coefficient (Wildman–Crippen LogP) is 2.79. The molecular formula is C20H26N4O. The largest absolute Gasteiger partial charge is 0.349 e. The van der Waals surface area contributed by atoms with Crippen LogP contribution in [0.15, 0.2) is 42.7 Å². The second-order valence-electron chi connectivity index (χ2n) is 7.70. The highest BCUT2D eigenvalue weighted by Crippen LogP contribution is 2.45. The number of aromatic nitrogens is 2. The molecule has 2 saturated heterocycles. The zero-order chi connectivity index (χ0) is 17.4. The molecule has 132 valence electrons. The number of aryl methyl sites for hydroxylation is 1. The van der Waals surface area contributed by atoms with Crippen LogP contribution in [0.3, 0.4) is 0 Å². The van der Waals surface area contributed by atoms with Crippen LogP contribution in [0, 0.1) is 0 Å². The van der Waals surface area contributed by atoms with Gasteiger partial charge in [0.2, 0.25) is 5.91 Å². The molecular weight excluding hydrogens is 312 g/mol. The molecule has 0 unspecified atom stereocenters. The van der Waals surface area contributed by atoms with Crippen LogP contribution < -0.4 is 5.32 Å². The first-order chi connectivity index (χ1) is 12.0. The molecule has 1 aromatic heterocycles. The summed E-state index contributed by atoms with van der Waals surface area (Å²) in [6.45, 7) is 3.09. The third kappa shape index (κ3) is 3.09. The van der Waals surface area contributed by atoms with Gasteiger partial charge in [-0.15, -0.1) is 0 Å². The van der Waals surface area contributed by atoms with E-state index < -0.39 is 0 Å². The summed E-state index contributed by atoms with van der Waals surface area (Å²) in [6.07, 6.45) is 7.65. The SMILES string of the molecule is Cn1cc(CN2[C@H]3CCCC(=O)N[C@@]3(C)C[C@H]2c2ccccc2)cn1. The second-order valence-corrected chi connectivity index (χ2v) is 7.70. The molecule has 0 aliphatic carbocycles. The van der Waals surface area contributed by atoms with E-state index in [1.165, 1.54) is 11.1 Å². The van der Waals surface area contributed by atoms with Crippen LogP contribution in [0.5, 0.6) is 0 Å². The molecule has 3 heterocycles. The lowest BCUT2D eigenvalue weighted by Crippen LogP contribution is -2.52. The van der Waals surface area contributed by atoms with Crippen molar-refractivity contribution in [3.63, 3.8) is 0 Å². The summed E-state index contributed by atoms with van der Waals surface area (Å²) in [5.74, 6) is 0.194. The average Bonchev–Trinajstić information content (AvgIpc) is 3.06. The van der Waals surface area contributed by atoms with Crippen molar-refractivity contribution in [1.82, 2.24) is 20.0 Å². The molecule has 0 radical (unpaired) electrons. The van der Waals surface area contributed by atoms with Crippen molar-refractivity contribution in [3.8, 4) is 0 Å². The Morgan fingerprint density at radius 1 is 1.32 bits per heavy atom. The molecule has 4 rings (SSSR count). The quantitative estimate of drug-likeness (QED) is 0.936. The van der Waals surface area contributed by atoms with Gasteiger partial charge in [-0.2, -0.15) is 5.10 Å². The normalized spacial score (nSPS) is 29.9. The van der Waals surface area contributed by atoms with Gasteiger partial charge in [-0.25, -0.2) is 0 Å². The van der Waals surface area contributed by atoms with Crippen molar-refractivity contribution < 1.29 is 4.79 Å². The van der Waals surface area contributed by atoms with Gasteiger partial charge in [-0.1, -0.05) is 30.3 Å². The number of benzene rings is 1. The van der Waals surface area contributed by atoms with Crippen LogP contribution in [0.2, 0.25) is 0 Å². The Kier molecular flexibility index (Phi) is 4.12. The zero-order valence-corrected chi connectivity index (χ0v) is 15.0. The smallest absolute Gasteiger partial charge is 0.220 e. The maximum Gasteiger partial charge on any atom is 0.220 e. The summed E-state index contributed by atoms with van der Waals surface area (Å²) in [5.41, 5.74) is 2.38. The minimum atomic E-state index is -0.170. The van der Waals surface area contributed by atoms with Crippen molar-refractivity contribution in [1.29, 1.82) is 0 Å². The standard InChI is InChI=1S/C20H26N4O/c1-20-11-17(16-7-4-3-5-8-16)24(14-15-12-21-23(2)13-15)18(20)9-6-10-19(25)22-20/h3-5,7-8,12-13,17-18H,6,9-11,14H2,1-2H3,(H,22,25)/t17-,18-,20-/m0/s1. The van der Waals surface area contributed by atoms with E-state index in [-0.39, 0.29) is 11.4 Å². The lowest BCUT2D eigenvalue weighted by Gasteiger charge is -2.35. The molecule has 2 aliphatic heterocycles. The Morgan fingerprint density at radius 3 is 2.84 bits per heavy atom. The van der Waals surface area contributed by atoms with Crippen molar-refractivity contribution in [2.24, 2.45) is 7.05 Å². The number of amides is 1. The molecule has 0 bridgehead atoms. The Balaban J connectivity index is 1.70. The van der Waals surface area contributed by atoms with E-state index in [9.17, 15) is 4.79 Å². The van der Waals surface area contributed by atoms with Crippen LogP contribution in [0.1, 0.15) is 49.8 Å². The first-order valence-corrected chi connectivity index (χ1v) is 9.14. The van der Waals surface area contributed by atoms with Gasteiger partial charge in [0.1, 0.15) is 0 Å². The summed E-state index contributed by atoms with van der Waals surface area (Å²) in [5, 5.41) is 7.67. The minimum Gasteiger partial charge on any atom is -0.349 e. The first-order valence-electron chi connectivity index (χ1n) is 9.14. The molecule has 1 amide bonds. The minimum absolute atomic E-state index is 0.170. The summed E-state index contributed by atoms with van der Waals surface area (Å²) >= 11 is 0. The number of likely N-dealkylation sites (tertiary alicyclic amines) is 1. The molecule has 3 atom stereocenters.